The van der Waals surface area contributed by atoms with Crippen molar-refractivity contribution in [2.45, 2.75) is 45.3 Å². The molecule has 1 saturated carbocycles. The van der Waals surface area contributed by atoms with Gasteiger partial charge in [0.25, 0.3) is 0 Å². The van der Waals surface area contributed by atoms with Crippen LogP contribution in [0, 0.1) is 5.41 Å². The number of hydrogen-bond acceptors (Lipinski definition) is 2. The minimum atomic E-state index is -0.323. The molecule has 0 unspecified atom stereocenters. The average molecular weight is 144 g/mol. The van der Waals surface area contributed by atoms with Crippen LogP contribution in [0.1, 0.15) is 33.1 Å². The molecule has 0 amide bonds. The van der Waals surface area contributed by atoms with Crippen molar-refractivity contribution in [1.82, 2.24) is 0 Å². The summed E-state index contributed by atoms with van der Waals surface area (Å²) in [7, 11) is 0. The maximum absolute atomic E-state index is 9.45. The van der Waals surface area contributed by atoms with Gasteiger partial charge in [-0.3, -0.25) is 0 Å². The fourth-order valence-corrected chi connectivity index (χ4v) is 1.47. The first kappa shape index (κ1) is 8.02. The van der Waals surface area contributed by atoms with E-state index in [4.69, 9.17) is 0 Å². The highest BCUT2D eigenvalue weighted by atomic mass is 16.3. The van der Waals surface area contributed by atoms with Crippen molar-refractivity contribution in [2.75, 3.05) is 0 Å². The Labute approximate surface area is 61.9 Å². The number of hydrogen-bond donors (Lipinski definition) is 2. The first-order chi connectivity index (χ1) is 4.55. The Bertz CT molecular complexity index is 108. The Balaban J connectivity index is 2.63. The summed E-state index contributed by atoms with van der Waals surface area (Å²) < 4.78 is 0. The molecule has 0 heterocycles. The molecule has 10 heavy (non-hydrogen) atoms. The summed E-state index contributed by atoms with van der Waals surface area (Å²) in [5, 5.41) is 18.9. The van der Waals surface area contributed by atoms with Crippen LogP contribution in [0.25, 0.3) is 0 Å². The largest absolute Gasteiger partial charge is 0.392 e. The van der Waals surface area contributed by atoms with Crippen molar-refractivity contribution >= 4 is 0 Å². The molecule has 0 aromatic carbocycles. The van der Waals surface area contributed by atoms with Crippen molar-refractivity contribution in [1.29, 1.82) is 0 Å². The van der Waals surface area contributed by atoms with Crippen LogP contribution >= 0.6 is 0 Å². The fourth-order valence-electron chi connectivity index (χ4n) is 1.47. The van der Waals surface area contributed by atoms with Crippen molar-refractivity contribution in [2.24, 2.45) is 5.41 Å². The van der Waals surface area contributed by atoms with E-state index in [1.165, 1.54) is 0 Å². The molecule has 60 valence electrons. The van der Waals surface area contributed by atoms with E-state index in [0.717, 1.165) is 19.3 Å². The van der Waals surface area contributed by atoms with Crippen LogP contribution in [0.4, 0.5) is 0 Å². The zero-order chi connectivity index (χ0) is 7.78. The van der Waals surface area contributed by atoms with Crippen LogP contribution in [-0.2, 0) is 0 Å². The lowest BCUT2D eigenvalue weighted by Crippen LogP contribution is -2.43. The van der Waals surface area contributed by atoms with Crippen molar-refractivity contribution < 1.29 is 10.2 Å². The third kappa shape index (κ3) is 1.18. The molecular weight excluding hydrogens is 128 g/mol. The van der Waals surface area contributed by atoms with Crippen molar-refractivity contribution in [3.8, 4) is 0 Å². The molecular formula is C8H16O2. The molecule has 1 fully saturated rings. The quantitative estimate of drug-likeness (QED) is 0.530. The van der Waals surface area contributed by atoms with Gasteiger partial charge in [0.05, 0.1) is 12.2 Å². The molecule has 0 bridgehead atoms. The molecule has 1 rings (SSSR count). The highest BCUT2D eigenvalue weighted by molar-refractivity contribution is 4.88. The Morgan fingerprint density at radius 1 is 1.10 bits per heavy atom. The zero-order valence-electron chi connectivity index (χ0n) is 6.67. The van der Waals surface area contributed by atoms with E-state index in [1.807, 2.05) is 13.8 Å². The van der Waals surface area contributed by atoms with E-state index in [1.54, 1.807) is 0 Å². The van der Waals surface area contributed by atoms with Gasteiger partial charge in [-0.15, -0.1) is 0 Å². The monoisotopic (exact) mass is 144 g/mol. The molecule has 1 aliphatic carbocycles. The summed E-state index contributed by atoms with van der Waals surface area (Å²) >= 11 is 0. The maximum atomic E-state index is 9.45. The molecule has 0 aromatic rings. The normalized spacial score (nSPS) is 39.6. The van der Waals surface area contributed by atoms with Gasteiger partial charge in [-0.25, -0.2) is 0 Å². The zero-order valence-corrected chi connectivity index (χ0v) is 6.67. The minimum absolute atomic E-state index is 0.293. The van der Waals surface area contributed by atoms with Crippen LogP contribution in [0.3, 0.4) is 0 Å². The van der Waals surface area contributed by atoms with Gasteiger partial charge in [0.15, 0.2) is 0 Å². The minimum Gasteiger partial charge on any atom is -0.392 e. The van der Waals surface area contributed by atoms with E-state index in [9.17, 15) is 10.2 Å². The predicted octanol–water partition coefficient (Wildman–Crippen LogP) is 0.918. The Kier molecular flexibility index (Phi) is 2.02. The van der Waals surface area contributed by atoms with E-state index < -0.39 is 0 Å². The predicted molar refractivity (Wildman–Crippen MR) is 39.6 cm³/mol. The molecule has 2 nitrogen and oxygen atoms in total. The average Bonchev–Trinajstić information content (AvgIpc) is 1.84. The van der Waals surface area contributed by atoms with Crippen molar-refractivity contribution in [3.63, 3.8) is 0 Å². The van der Waals surface area contributed by atoms with Crippen LogP contribution in [-0.4, -0.2) is 22.4 Å². The topological polar surface area (TPSA) is 40.5 Å². The van der Waals surface area contributed by atoms with Gasteiger partial charge in [-0.05, 0) is 19.3 Å². The molecule has 1 aliphatic rings. The van der Waals surface area contributed by atoms with E-state index in [-0.39, 0.29) is 17.6 Å². The van der Waals surface area contributed by atoms with Crippen LogP contribution in [0.5, 0.6) is 0 Å². The first-order valence-corrected chi connectivity index (χ1v) is 3.91. The third-order valence-electron chi connectivity index (χ3n) is 2.67. The van der Waals surface area contributed by atoms with Crippen LogP contribution in [0.2, 0.25) is 0 Å². The molecule has 0 saturated heterocycles. The molecule has 2 N–H and O–H groups in total. The summed E-state index contributed by atoms with van der Waals surface area (Å²) in [6, 6.07) is 0. The van der Waals surface area contributed by atoms with Gasteiger partial charge in [-0.1, -0.05) is 13.8 Å². The van der Waals surface area contributed by atoms with Gasteiger partial charge in [0.2, 0.25) is 0 Å². The standard InChI is InChI=1S/C8H16O2/c1-8(2)6(9)4-3-5-7(8)10/h6-7,9-10H,3-5H2,1-2H3/t6-,7-/m1/s1. The second kappa shape index (κ2) is 2.51. The SMILES string of the molecule is CC1(C)[C@H](O)CCC[C@H]1O. The Hall–Kier alpha value is -0.0800. The molecule has 0 aromatic heterocycles. The van der Waals surface area contributed by atoms with Gasteiger partial charge in [0, 0.05) is 5.41 Å². The van der Waals surface area contributed by atoms with Crippen LogP contribution in [0.15, 0.2) is 0 Å². The number of aliphatic hydroxyl groups excluding tert-OH is 2. The van der Waals surface area contributed by atoms with E-state index in [0.29, 0.717) is 0 Å². The third-order valence-corrected chi connectivity index (χ3v) is 2.67. The second-order valence-corrected chi connectivity index (χ2v) is 3.78. The van der Waals surface area contributed by atoms with Gasteiger partial charge in [0.1, 0.15) is 0 Å². The molecule has 0 spiro atoms. The van der Waals surface area contributed by atoms with Gasteiger partial charge < -0.3 is 10.2 Å². The van der Waals surface area contributed by atoms with E-state index >= 15 is 0 Å². The molecule has 2 heteroatoms. The smallest absolute Gasteiger partial charge is 0.0615 e. The number of rotatable bonds is 0. The first-order valence-electron chi connectivity index (χ1n) is 3.91. The highest BCUT2D eigenvalue weighted by Gasteiger charge is 2.37. The summed E-state index contributed by atoms with van der Waals surface area (Å²) in [5.41, 5.74) is -0.293. The van der Waals surface area contributed by atoms with E-state index in [2.05, 4.69) is 0 Å². The van der Waals surface area contributed by atoms with Crippen LogP contribution < -0.4 is 0 Å². The van der Waals surface area contributed by atoms with Gasteiger partial charge >= 0.3 is 0 Å². The summed E-state index contributed by atoms with van der Waals surface area (Å²) in [6.07, 6.45) is 1.98. The summed E-state index contributed by atoms with van der Waals surface area (Å²) in [6.45, 7) is 3.84. The molecule has 0 aliphatic heterocycles. The lowest BCUT2D eigenvalue weighted by molar-refractivity contribution is -0.0784. The fraction of sp³-hybridized carbons (Fsp3) is 1.00. The lowest BCUT2D eigenvalue weighted by Gasteiger charge is -2.39. The summed E-state index contributed by atoms with van der Waals surface area (Å²) in [5.74, 6) is 0. The van der Waals surface area contributed by atoms with Gasteiger partial charge in [-0.2, -0.15) is 0 Å². The maximum Gasteiger partial charge on any atom is 0.0615 e. The Morgan fingerprint density at radius 3 is 1.80 bits per heavy atom. The molecule has 2 atom stereocenters. The Morgan fingerprint density at radius 2 is 1.50 bits per heavy atom. The second-order valence-electron chi connectivity index (χ2n) is 3.78. The molecule has 0 radical (unpaired) electrons. The van der Waals surface area contributed by atoms with Crippen molar-refractivity contribution in [3.05, 3.63) is 0 Å². The number of aliphatic hydroxyl groups is 2. The summed E-state index contributed by atoms with van der Waals surface area (Å²) in [4.78, 5) is 0. The lowest BCUT2D eigenvalue weighted by atomic mass is 9.73. The highest BCUT2D eigenvalue weighted by Crippen LogP contribution is 2.35.